The molecule has 1 aromatic carbocycles. The maximum absolute atomic E-state index is 13.5. The summed E-state index contributed by atoms with van der Waals surface area (Å²) in [6.07, 6.45) is 2.01. The number of aromatic nitrogens is 1. The fourth-order valence-electron chi connectivity index (χ4n) is 1.34. The highest BCUT2D eigenvalue weighted by Gasteiger charge is 2.05. The van der Waals surface area contributed by atoms with Gasteiger partial charge in [-0.3, -0.25) is 4.79 Å². The lowest BCUT2D eigenvalue weighted by Gasteiger charge is -2.06. The first-order valence-electron chi connectivity index (χ1n) is 5.04. The van der Waals surface area contributed by atoms with Crippen LogP contribution in [0.5, 0.6) is 11.5 Å². The van der Waals surface area contributed by atoms with Crippen molar-refractivity contribution < 1.29 is 13.9 Å². The summed E-state index contributed by atoms with van der Waals surface area (Å²) in [5.41, 5.74) is 1.13. The highest BCUT2D eigenvalue weighted by molar-refractivity contribution is 5.71. The van der Waals surface area contributed by atoms with Gasteiger partial charge < -0.3 is 4.74 Å². The number of carbonyl (C=O) groups excluding carboxylic acids is 1. The number of rotatable bonds is 3. The van der Waals surface area contributed by atoms with Crippen LogP contribution in [0.4, 0.5) is 4.39 Å². The second-order valence-electron chi connectivity index (χ2n) is 3.57. The fraction of sp³-hybridized carbons (Fsp3) is 0.0769. The number of aldehydes is 1. The first-order chi connectivity index (χ1) is 8.19. The van der Waals surface area contributed by atoms with Gasteiger partial charge in [-0.25, -0.2) is 9.37 Å². The topological polar surface area (TPSA) is 39.2 Å². The van der Waals surface area contributed by atoms with E-state index < -0.39 is 5.82 Å². The van der Waals surface area contributed by atoms with Crippen molar-refractivity contribution in [2.24, 2.45) is 0 Å². The minimum atomic E-state index is -0.426. The Morgan fingerprint density at radius 1 is 1.29 bits per heavy atom. The SMILES string of the molecule is Cc1ccc(Oc2ccc(C=O)nc2)c(F)c1. The van der Waals surface area contributed by atoms with E-state index in [4.69, 9.17) is 4.74 Å². The average molecular weight is 231 g/mol. The lowest BCUT2D eigenvalue weighted by atomic mass is 10.2. The Kier molecular flexibility index (Phi) is 3.14. The van der Waals surface area contributed by atoms with Crippen molar-refractivity contribution in [3.05, 3.63) is 53.6 Å². The van der Waals surface area contributed by atoms with Crippen LogP contribution in [0.1, 0.15) is 16.1 Å². The van der Waals surface area contributed by atoms with Crippen LogP contribution < -0.4 is 4.74 Å². The smallest absolute Gasteiger partial charge is 0.168 e. The molecule has 0 fully saturated rings. The Labute approximate surface area is 97.9 Å². The third-order valence-electron chi connectivity index (χ3n) is 2.20. The third-order valence-corrected chi connectivity index (χ3v) is 2.20. The van der Waals surface area contributed by atoms with Gasteiger partial charge in [-0.05, 0) is 36.8 Å². The predicted molar refractivity (Wildman–Crippen MR) is 60.8 cm³/mol. The van der Waals surface area contributed by atoms with Crippen LogP contribution in [-0.2, 0) is 0 Å². The summed E-state index contributed by atoms with van der Waals surface area (Å²) in [6, 6.07) is 7.77. The second-order valence-corrected chi connectivity index (χ2v) is 3.57. The van der Waals surface area contributed by atoms with Crippen LogP contribution in [0.2, 0.25) is 0 Å². The van der Waals surface area contributed by atoms with Crippen molar-refractivity contribution in [3.8, 4) is 11.5 Å². The van der Waals surface area contributed by atoms with Gasteiger partial charge in [0.15, 0.2) is 17.9 Å². The lowest BCUT2D eigenvalue weighted by molar-refractivity contribution is 0.111. The zero-order chi connectivity index (χ0) is 12.3. The number of carbonyl (C=O) groups is 1. The van der Waals surface area contributed by atoms with Crippen LogP contribution in [0.3, 0.4) is 0 Å². The summed E-state index contributed by atoms with van der Waals surface area (Å²) in [4.78, 5) is 14.2. The monoisotopic (exact) mass is 231 g/mol. The van der Waals surface area contributed by atoms with Gasteiger partial charge in [0, 0.05) is 0 Å². The van der Waals surface area contributed by atoms with Crippen molar-refractivity contribution in [3.63, 3.8) is 0 Å². The number of ether oxygens (including phenoxy) is 1. The summed E-state index contributed by atoms with van der Waals surface area (Å²) >= 11 is 0. The molecule has 0 aliphatic heterocycles. The number of nitrogens with zero attached hydrogens (tertiary/aromatic N) is 1. The van der Waals surface area contributed by atoms with Gasteiger partial charge >= 0.3 is 0 Å². The van der Waals surface area contributed by atoms with Gasteiger partial charge in [-0.2, -0.15) is 0 Å². The molecule has 0 bridgehead atoms. The van der Waals surface area contributed by atoms with E-state index in [1.54, 1.807) is 25.1 Å². The molecular formula is C13H10FNO2. The fourth-order valence-corrected chi connectivity index (χ4v) is 1.34. The van der Waals surface area contributed by atoms with Gasteiger partial charge in [0.05, 0.1) is 6.20 Å². The van der Waals surface area contributed by atoms with Crippen molar-refractivity contribution in [2.45, 2.75) is 6.92 Å². The number of pyridine rings is 1. The van der Waals surface area contributed by atoms with Crippen LogP contribution in [0.25, 0.3) is 0 Å². The summed E-state index contributed by atoms with van der Waals surface area (Å²) in [7, 11) is 0. The predicted octanol–water partition coefficient (Wildman–Crippen LogP) is 3.13. The summed E-state index contributed by atoms with van der Waals surface area (Å²) in [6.45, 7) is 1.80. The van der Waals surface area contributed by atoms with E-state index in [1.165, 1.54) is 18.3 Å². The van der Waals surface area contributed by atoms with Gasteiger partial charge in [-0.15, -0.1) is 0 Å². The molecule has 3 nitrogen and oxygen atoms in total. The Morgan fingerprint density at radius 2 is 2.12 bits per heavy atom. The van der Waals surface area contributed by atoms with Gasteiger partial charge in [0.25, 0.3) is 0 Å². The molecular weight excluding hydrogens is 221 g/mol. The van der Waals surface area contributed by atoms with Crippen LogP contribution in [0, 0.1) is 12.7 Å². The highest BCUT2D eigenvalue weighted by atomic mass is 19.1. The summed E-state index contributed by atoms with van der Waals surface area (Å²) in [5.74, 6) is 0.0964. The molecule has 0 saturated carbocycles. The Hall–Kier alpha value is -2.23. The normalized spacial score (nSPS) is 10.0. The van der Waals surface area contributed by atoms with Crippen molar-refractivity contribution in [1.29, 1.82) is 0 Å². The quantitative estimate of drug-likeness (QED) is 0.762. The second kappa shape index (κ2) is 4.74. The molecule has 0 aliphatic carbocycles. The highest BCUT2D eigenvalue weighted by Crippen LogP contribution is 2.24. The van der Waals surface area contributed by atoms with E-state index in [0.717, 1.165) is 5.56 Å². The minimum absolute atomic E-state index is 0.135. The van der Waals surface area contributed by atoms with Crippen molar-refractivity contribution >= 4 is 6.29 Å². The molecule has 2 rings (SSSR count). The Balaban J connectivity index is 2.22. The first-order valence-corrected chi connectivity index (χ1v) is 5.04. The van der Waals surface area contributed by atoms with Gasteiger partial charge in [0.1, 0.15) is 11.4 Å². The number of hydrogen-bond acceptors (Lipinski definition) is 3. The largest absolute Gasteiger partial charge is 0.453 e. The zero-order valence-electron chi connectivity index (χ0n) is 9.18. The molecule has 4 heteroatoms. The van der Waals surface area contributed by atoms with Crippen LogP contribution >= 0.6 is 0 Å². The molecule has 0 aliphatic rings. The maximum atomic E-state index is 13.5. The minimum Gasteiger partial charge on any atom is -0.453 e. The number of benzene rings is 1. The Bertz CT molecular complexity index is 538. The van der Waals surface area contributed by atoms with E-state index in [2.05, 4.69) is 4.98 Å². The molecule has 0 amide bonds. The molecule has 0 saturated heterocycles. The summed E-state index contributed by atoms with van der Waals surface area (Å²) < 4.78 is 18.8. The van der Waals surface area contributed by atoms with E-state index in [9.17, 15) is 9.18 Å². The zero-order valence-corrected chi connectivity index (χ0v) is 9.18. The number of aryl methyl sites for hydroxylation is 1. The molecule has 2 aromatic rings. The number of halogens is 1. The summed E-state index contributed by atoms with van der Waals surface area (Å²) in [5, 5.41) is 0. The molecule has 0 radical (unpaired) electrons. The molecule has 86 valence electrons. The van der Waals surface area contributed by atoms with E-state index >= 15 is 0 Å². The first kappa shape index (κ1) is 11.3. The number of hydrogen-bond donors (Lipinski definition) is 0. The van der Waals surface area contributed by atoms with Crippen molar-refractivity contribution in [1.82, 2.24) is 4.98 Å². The molecule has 1 heterocycles. The lowest BCUT2D eigenvalue weighted by Crippen LogP contribution is -1.91. The Morgan fingerprint density at radius 3 is 2.71 bits per heavy atom. The molecule has 0 atom stereocenters. The van der Waals surface area contributed by atoms with E-state index in [1.807, 2.05) is 0 Å². The molecule has 0 unspecified atom stereocenters. The third kappa shape index (κ3) is 2.66. The average Bonchev–Trinajstić information content (AvgIpc) is 2.34. The standard InChI is InChI=1S/C13H10FNO2/c1-9-2-5-13(12(14)6-9)17-11-4-3-10(8-16)15-7-11/h2-8H,1H3. The molecule has 0 N–H and O–H groups in total. The van der Waals surface area contributed by atoms with E-state index in [0.29, 0.717) is 17.7 Å². The van der Waals surface area contributed by atoms with Gasteiger partial charge in [0.2, 0.25) is 0 Å². The molecule has 1 aromatic heterocycles. The maximum Gasteiger partial charge on any atom is 0.168 e. The van der Waals surface area contributed by atoms with Crippen LogP contribution in [-0.4, -0.2) is 11.3 Å². The molecule has 0 spiro atoms. The molecule has 17 heavy (non-hydrogen) atoms. The van der Waals surface area contributed by atoms with Crippen molar-refractivity contribution in [2.75, 3.05) is 0 Å². The van der Waals surface area contributed by atoms with Crippen LogP contribution in [0.15, 0.2) is 36.5 Å². The van der Waals surface area contributed by atoms with Gasteiger partial charge in [-0.1, -0.05) is 6.07 Å². The van der Waals surface area contributed by atoms with E-state index in [-0.39, 0.29) is 5.75 Å².